The van der Waals surface area contributed by atoms with Crippen LogP contribution >= 0.6 is 0 Å². The Morgan fingerprint density at radius 3 is 2.86 bits per heavy atom. The molecule has 144 valence electrons. The summed E-state index contributed by atoms with van der Waals surface area (Å²) in [5, 5.41) is 8.29. The quantitative estimate of drug-likeness (QED) is 0.739. The molecule has 28 heavy (non-hydrogen) atoms. The number of aryl methyl sites for hydroxylation is 1. The zero-order chi connectivity index (χ0) is 19.3. The monoisotopic (exact) mass is 377 g/mol. The number of hydrogen-bond acceptors (Lipinski definition) is 5. The number of fused-ring (bicyclic) bond motifs is 1. The van der Waals surface area contributed by atoms with E-state index < -0.39 is 0 Å². The van der Waals surface area contributed by atoms with Crippen molar-refractivity contribution in [2.24, 2.45) is 13.0 Å². The van der Waals surface area contributed by atoms with Crippen LogP contribution in [-0.4, -0.2) is 38.3 Å². The van der Waals surface area contributed by atoms with Gasteiger partial charge in [-0.1, -0.05) is 0 Å². The number of nitrogens with zero attached hydrogens (tertiary/aromatic N) is 4. The third kappa shape index (κ3) is 3.21. The standard InChI is InChI=1S/C21H23N5O2/c1-12(15-7-20(27)23-10-15)28-21-16-11-26(2)25-19(16)8-18(24-21)14-5-6-17(22-9-14)13-3-4-13/h5-6,8-9,11-13,15H,3-4,7,10H2,1-2H3,(H,23,27). The van der Waals surface area contributed by atoms with Gasteiger partial charge in [-0.15, -0.1) is 0 Å². The Balaban J connectivity index is 1.49. The Morgan fingerprint density at radius 2 is 2.18 bits per heavy atom. The third-order valence-corrected chi connectivity index (χ3v) is 5.63. The maximum atomic E-state index is 11.5. The molecule has 0 bridgehead atoms. The molecule has 0 radical (unpaired) electrons. The summed E-state index contributed by atoms with van der Waals surface area (Å²) in [4.78, 5) is 20.9. The predicted molar refractivity (Wildman–Crippen MR) is 105 cm³/mol. The minimum absolute atomic E-state index is 0.0792. The molecule has 1 N–H and O–H groups in total. The second-order valence-electron chi connectivity index (χ2n) is 7.89. The van der Waals surface area contributed by atoms with E-state index in [1.807, 2.05) is 32.4 Å². The fourth-order valence-electron chi connectivity index (χ4n) is 3.76. The van der Waals surface area contributed by atoms with E-state index in [-0.39, 0.29) is 17.9 Å². The van der Waals surface area contributed by atoms with Crippen LogP contribution in [0.2, 0.25) is 0 Å². The first-order valence-corrected chi connectivity index (χ1v) is 9.81. The van der Waals surface area contributed by atoms with Crippen LogP contribution in [0.1, 0.15) is 37.8 Å². The van der Waals surface area contributed by atoms with E-state index in [9.17, 15) is 4.79 Å². The van der Waals surface area contributed by atoms with Gasteiger partial charge in [0, 0.05) is 55.5 Å². The van der Waals surface area contributed by atoms with Crippen LogP contribution in [0.15, 0.2) is 30.6 Å². The molecule has 2 unspecified atom stereocenters. The number of hydrogen-bond donors (Lipinski definition) is 1. The largest absolute Gasteiger partial charge is 0.474 e. The van der Waals surface area contributed by atoms with Gasteiger partial charge in [-0.25, -0.2) is 4.98 Å². The molecule has 0 spiro atoms. The van der Waals surface area contributed by atoms with Gasteiger partial charge in [-0.2, -0.15) is 5.10 Å². The van der Waals surface area contributed by atoms with Crippen molar-refractivity contribution < 1.29 is 9.53 Å². The number of aromatic nitrogens is 4. The van der Waals surface area contributed by atoms with Crippen molar-refractivity contribution in [3.05, 3.63) is 36.3 Å². The fraction of sp³-hybridized carbons (Fsp3) is 0.429. The Morgan fingerprint density at radius 1 is 1.32 bits per heavy atom. The van der Waals surface area contributed by atoms with Crippen LogP contribution in [0.3, 0.4) is 0 Å². The predicted octanol–water partition coefficient (Wildman–Crippen LogP) is 2.81. The van der Waals surface area contributed by atoms with Crippen molar-refractivity contribution >= 4 is 16.8 Å². The lowest BCUT2D eigenvalue weighted by molar-refractivity contribution is -0.119. The maximum Gasteiger partial charge on any atom is 0.225 e. The van der Waals surface area contributed by atoms with Gasteiger partial charge in [0.2, 0.25) is 11.8 Å². The SMILES string of the molecule is CC(Oc1nc(-c2ccc(C3CC3)nc2)cc2nn(C)cc12)C1CNC(=O)C1. The second-order valence-corrected chi connectivity index (χ2v) is 7.89. The number of amides is 1. The summed E-state index contributed by atoms with van der Waals surface area (Å²) in [5.74, 6) is 1.40. The molecule has 1 saturated heterocycles. The molecule has 3 aromatic heterocycles. The van der Waals surface area contributed by atoms with Gasteiger partial charge in [0.25, 0.3) is 0 Å². The summed E-state index contributed by atoms with van der Waals surface area (Å²) >= 11 is 0. The van der Waals surface area contributed by atoms with Gasteiger partial charge in [-0.3, -0.25) is 14.5 Å². The smallest absolute Gasteiger partial charge is 0.225 e. The zero-order valence-electron chi connectivity index (χ0n) is 16.1. The number of ether oxygens (including phenoxy) is 1. The summed E-state index contributed by atoms with van der Waals surface area (Å²) in [6.45, 7) is 2.63. The highest BCUT2D eigenvalue weighted by Crippen LogP contribution is 2.39. The number of pyridine rings is 2. The van der Waals surface area contributed by atoms with E-state index in [2.05, 4.69) is 27.5 Å². The van der Waals surface area contributed by atoms with E-state index in [4.69, 9.17) is 9.72 Å². The van der Waals surface area contributed by atoms with Crippen LogP contribution in [0.4, 0.5) is 0 Å². The molecule has 4 heterocycles. The number of carbonyl (C=O) groups excluding carboxylic acids is 1. The van der Waals surface area contributed by atoms with Gasteiger partial charge >= 0.3 is 0 Å². The molecule has 2 aliphatic rings. The molecule has 1 saturated carbocycles. The molecular formula is C21H23N5O2. The molecule has 7 nitrogen and oxygen atoms in total. The lowest BCUT2D eigenvalue weighted by Crippen LogP contribution is -2.26. The van der Waals surface area contributed by atoms with Gasteiger partial charge in [0.05, 0.1) is 16.6 Å². The molecule has 1 aliphatic heterocycles. The van der Waals surface area contributed by atoms with Crippen LogP contribution in [0.25, 0.3) is 22.2 Å². The number of carbonyl (C=O) groups is 1. The fourth-order valence-corrected chi connectivity index (χ4v) is 3.76. The van der Waals surface area contributed by atoms with Crippen molar-refractivity contribution in [2.45, 2.75) is 38.2 Å². The van der Waals surface area contributed by atoms with Gasteiger partial charge < -0.3 is 10.1 Å². The average molecular weight is 377 g/mol. The number of rotatable bonds is 5. The van der Waals surface area contributed by atoms with E-state index in [1.165, 1.54) is 12.8 Å². The molecule has 2 atom stereocenters. The lowest BCUT2D eigenvalue weighted by Gasteiger charge is -2.19. The first-order chi connectivity index (χ1) is 13.6. The van der Waals surface area contributed by atoms with Crippen molar-refractivity contribution in [1.29, 1.82) is 0 Å². The summed E-state index contributed by atoms with van der Waals surface area (Å²) in [6.07, 6.45) is 6.64. The van der Waals surface area contributed by atoms with Crippen molar-refractivity contribution in [2.75, 3.05) is 6.54 Å². The van der Waals surface area contributed by atoms with Crippen molar-refractivity contribution in [1.82, 2.24) is 25.1 Å². The highest BCUT2D eigenvalue weighted by atomic mass is 16.5. The highest BCUT2D eigenvalue weighted by molar-refractivity contribution is 5.86. The lowest BCUT2D eigenvalue weighted by atomic mass is 10.0. The molecule has 5 rings (SSSR count). The zero-order valence-corrected chi connectivity index (χ0v) is 16.1. The minimum atomic E-state index is -0.125. The van der Waals surface area contributed by atoms with Crippen LogP contribution in [-0.2, 0) is 11.8 Å². The molecule has 1 amide bonds. The molecule has 3 aromatic rings. The minimum Gasteiger partial charge on any atom is -0.474 e. The number of nitrogens with one attached hydrogen (secondary N) is 1. The van der Waals surface area contributed by atoms with Gasteiger partial charge in [0.15, 0.2) is 0 Å². The van der Waals surface area contributed by atoms with Crippen LogP contribution in [0, 0.1) is 5.92 Å². The second kappa shape index (κ2) is 6.58. The molecule has 1 aliphatic carbocycles. The third-order valence-electron chi connectivity index (χ3n) is 5.63. The first kappa shape index (κ1) is 17.2. The van der Waals surface area contributed by atoms with E-state index in [0.717, 1.165) is 27.9 Å². The molecular weight excluding hydrogens is 354 g/mol. The van der Waals surface area contributed by atoms with E-state index in [0.29, 0.717) is 24.8 Å². The summed E-state index contributed by atoms with van der Waals surface area (Å²) in [5.41, 5.74) is 3.74. The Bertz CT molecular complexity index is 1040. The summed E-state index contributed by atoms with van der Waals surface area (Å²) in [6, 6.07) is 6.14. The van der Waals surface area contributed by atoms with Crippen LogP contribution < -0.4 is 10.1 Å². The van der Waals surface area contributed by atoms with Crippen LogP contribution in [0.5, 0.6) is 5.88 Å². The van der Waals surface area contributed by atoms with Crippen molar-refractivity contribution in [3.8, 4) is 17.1 Å². The van der Waals surface area contributed by atoms with Gasteiger partial charge in [-0.05, 0) is 38.0 Å². The molecule has 7 heteroatoms. The molecule has 2 fully saturated rings. The Labute approximate surface area is 163 Å². The Kier molecular flexibility index (Phi) is 4.03. The summed E-state index contributed by atoms with van der Waals surface area (Å²) < 4.78 is 8.00. The van der Waals surface area contributed by atoms with E-state index >= 15 is 0 Å². The highest BCUT2D eigenvalue weighted by Gasteiger charge is 2.29. The van der Waals surface area contributed by atoms with Crippen molar-refractivity contribution in [3.63, 3.8) is 0 Å². The summed E-state index contributed by atoms with van der Waals surface area (Å²) in [7, 11) is 1.89. The first-order valence-electron chi connectivity index (χ1n) is 9.81. The normalized spacial score (nSPS) is 20.4. The maximum absolute atomic E-state index is 11.5. The Hall–Kier alpha value is -2.96. The molecule has 0 aromatic carbocycles. The average Bonchev–Trinajstić information content (AvgIpc) is 3.33. The van der Waals surface area contributed by atoms with Gasteiger partial charge in [0.1, 0.15) is 6.10 Å². The topological polar surface area (TPSA) is 81.9 Å². The van der Waals surface area contributed by atoms with E-state index in [1.54, 1.807) is 4.68 Å².